The number of aromatic nitrogens is 3. The van der Waals surface area contributed by atoms with Crippen LogP contribution in [-0.4, -0.2) is 20.9 Å². The molecule has 3 aromatic heterocycles. The Balaban J connectivity index is 1.96. The number of nitrogens with two attached hydrogens (primary N) is 1. The Morgan fingerprint density at radius 2 is 1.91 bits per heavy atom. The lowest BCUT2D eigenvalue weighted by Gasteiger charge is -1.98. The molecule has 0 aliphatic heterocycles. The summed E-state index contributed by atoms with van der Waals surface area (Å²) >= 11 is 14.7. The van der Waals surface area contributed by atoms with Gasteiger partial charge in [0.25, 0.3) is 0 Å². The molecular weight excluding hydrogens is 375 g/mol. The van der Waals surface area contributed by atoms with E-state index in [0.29, 0.717) is 15.4 Å². The molecule has 0 aliphatic rings. The third-order valence-electron chi connectivity index (χ3n) is 2.78. The minimum absolute atomic E-state index is 0.148. The van der Waals surface area contributed by atoms with Crippen molar-refractivity contribution in [2.45, 2.75) is 6.92 Å². The van der Waals surface area contributed by atoms with E-state index in [1.54, 1.807) is 12.1 Å². The van der Waals surface area contributed by atoms with Crippen molar-refractivity contribution in [3.8, 4) is 21.1 Å². The van der Waals surface area contributed by atoms with Crippen molar-refractivity contribution in [3.05, 3.63) is 33.5 Å². The van der Waals surface area contributed by atoms with Gasteiger partial charge >= 0.3 is 0 Å². The van der Waals surface area contributed by atoms with E-state index in [0.717, 1.165) is 26.8 Å². The number of hydrogen-bond acceptors (Lipinski definition) is 6. The fraction of sp³-hybridized carbons (Fsp3) is 0.0769. The molecule has 0 aliphatic carbocycles. The van der Waals surface area contributed by atoms with Gasteiger partial charge in [-0.2, -0.15) is 0 Å². The van der Waals surface area contributed by atoms with E-state index < -0.39 is 0 Å². The largest absolute Gasteiger partial charge is 0.370 e. The van der Waals surface area contributed by atoms with Crippen LogP contribution < -0.4 is 11.1 Å². The number of thiazole rings is 2. The summed E-state index contributed by atoms with van der Waals surface area (Å²) in [7, 11) is 0. The van der Waals surface area contributed by atoms with E-state index in [1.807, 2.05) is 12.3 Å². The topological polar surface area (TPSA) is 101 Å². The molecule has 0 aromatic carbocycles. The molecule has 0 spiro atoms. The number of anilines is 1. The molecule has 4 N–H and O–H groups in total. The average molecular weight is 385 g/mol. The SMILES string of the molecule is Cc1nc(NC(=N)N)sc1-c1csc(-c2cc(Cl)nc(Cl)c2)n1. The zero-order valence-electron chi connectivity index (χ0n) is 11.7. The second kappa shape index (κ2) is 6.40. The molecule has 118 valence electrons. The maximum atomic E-state index is 7.26. The van der Waals surface area contributed by atoms with Crippen LogP contribution in [0.4, 0.5) is 5.13 Å². The Kier molecular flexibility index (Phi) is 4.49. The van der Waals surface area contributed by atoms with Crippen LogP contribution in [0.2, 0.25) is 10.3 Å². The molecule has 3 heterocycles. The molecule has 3 aromatic rings. The first kappa shape index (κ1) is 16.1. The van der Waals surface area contributed by atoms with Gasteiger partial charge in [-0.05, 0) is 19.1 Å². The van der Waals surface area contributed by atoms with Crippen molar-refractivity contribution in [3.63, 3.8) is 0 Å². The molecule has 0 saturated heterocycles. The van der Waals surface area contributed by atoms with E-state index in [9.17, 15) is 0 Å². The number of pyridine rings is 1. The number of nitrogens with zero attached hydrogens (tertiary/aromatic N) is 3. The molecule has 0 atom stereocenters. The Labute approximate surface area is 149 Å². The number of rotatable bonds is 3. The fourth-order valence-electron chi connectivity index (χ4n) is 1.90. The maximum Gasteiger partial charge on any atom is 0.192 e. The third-order valence-corrected chi connectivity index (χ3v) is 5.16. The highest BCUT2D eigenvalue weighted by Gasteiger charge is 2.15. The Morgan fingerprint density at radius 3 is 2.57 bits per heavy atom. The Hall–Kier alpha value is -1.74. The second-order valence-electron chi connectivity index (χ2n) is 4.51. The number of aryl methyl sites for hydroxylation is 1. The van der Waals surface area contributed by atoms with Crippen LogP contribution in [0.15, 0.2) is 17.5 Å². The zero-order valence-corrected chi connectivity index (χ0v) is 14.9. The minimum Gasteiger partial charge on any atom is -0.370 e. The molecular formula is C13H10Cl2N6S2. The van der Waals surface area contributed by atoms with Gasteiger partial charge in [-0.3, -0.25) is 5.41 Å². The summed E-state index contributed by atoms with van der Waals surface area (Å²) in [5.41, 5.74) is 7.77. The molecule has 0 unspecified atom stereocenters. The fourth-order valence-corrected chi connectivity index (χ4v) is 4.17. The van der Waals surface area contributed by atoms with Gasteiger partial charge in [0.1, 0.15) is 15.3 Å². The number of hydrogen-bond donors (Lipinski definition) is 3. The third kappa shape index (κ3) is 3.61. The van der Waals surface area contributed by atoms with Gasteiger partial charge < -0.3 is 11.1 Å². The van der Waals surface area contributed by atoms with E-state index in [-0.39, 0.29) is 5.96 Å². The molecule has 23 heavy (non-hydrogen) atoms. The lowest BCUT2D eigenvalue weighted by atomic mass is 10.3. The molecule has 10 heteroatoms. The monoisotopic (exact) mass is 384 g/mol. The van der Waals surface area contributed by atoms with Crippen LogP contribution in [0.5, 0.6) is 0 Å². The van der Waals surface area contributed by atoms with Crippen molar-refractivity contribution >= 4 is 57.0 Å². The number of nitrogens with one attached hydrogen (secondary N) is 2. The summed E-state index contributed by atoms with van der Waals surface area (Å²) in [5, 5.41) is 13.9. The Bertz CT molecular complexity index is 868. The summed E-state index contributed by atoms with van der Waals surface area (Å²) in [4.78, 5) is 13.8. The highest BCUT2D eigenvalue weighted by Crippen LogP contribution is 2.36. The van der Waals surface area contributed by atoms with Crippen molar-refractivity contribution in [2.75, 3.05) is 5.32 Å². The molecule has 0 saturated carbocycles. The highest BCUT2D eigenvalue weighted by atomic mass is 35.5. The number of halogens is 2. The van der Waals surface area contributed by atoms with Gasteiger partial charge in [0.2, 0.25) is 0 Å². The summed E-state index contributed by atoms with van der Waals surface area (Å²) < 4.78 is 0. The average Bonchev–Trinajstić information content (AvgIpc) is 3.03. The zero-order chi connectivity index (χ0) is 16.6. The summed E-state index contributed by atoms with van der Waals surface area (Å²) in [6.45, 7) is 1.89. The molecule has 0 bridgehead atoms. The Morgan fingerprint density at radius 1 is 1.22 bits per heavy atom. The summed E-state index contributed by atoms with van der Waals surface area (Å²) in [5.74, 6) is -0.148. The van der Waals surface area contributed by atoms with Gasteiger partial charge in [0.05, 0.1) is 16.3 Å². The van der Waals surface area contributed by atoms with Crippen LogP contribution in [0.1, 0.15) is 5.69 Å². The summed E-state index contributed by atoms with van der Waals surface area (Å²) in [6.07, 6.45) is 0. The van der Waals surface area contributed by atoms with Crippen LogP contribution in [0.3, 0.4) is 0 Å². The predicted molar refractivity (Wildman–Crippen MR) is 96.7 cm³/mol. The van der Waals surface area contributed by atoms with Crippen molar-refractivity contribution in [1.29, 1.82) is 5.41 Å². The first-order chi connectivity index (χ1) is 10.9. The maximum absolute atomic E-state index is 7.26. The normalized spacial score (nSPS) is 10.7. The standard InChI is InChI=1S/C13H10Cl2N6S2/c1-5-10(23-13(18-5)21-12(16)17)7-4-22-11(19-7)6-2-8(14)20-9(15)3-6/h2-4H,1H3,(H4,16,17,18,21). The van der Waals surface area contributed by atoms with Crippen LogP contribution >= 0.6 is 45.9 Å². The molecule has 6 nitrogen and oxygen atoms in total. The molecule has 3 rings (SSSR count). The molecule has 0 fully saturated rings. The minimum atomic E-state index is -0.148. The molecule has 0 radical (unpaired) electrons. The predicted octanol–water partition coefficient (Wildman–Crippen LogP) is 4.25. The first-order valence-electron chi connectivity index (χ1n) is 6.30. The van der Waals surface area contributed by atoms with E-state index in [2.05, 4.69) is 20.3 Å². The highest BCUT2D eigenvalue weighted by molar-refractivity contribution is 7.19. The lowest BCUT2D eigenvalue weighted by Crippen LogP contribution is -2.20. The van der Waals surface area contributed by atoms with Crippen LogP contribution in [0.25, 0.3) is 21.1 Å². The van der Waals surface area contributed by atoms with E-state index >= 15 is 0 Å². The first-order valence-corrected chi connectivity index (χ1v) is 8.75. The van der Waals surface area contributed by atoms with Gasteiger partial charge in [0.15, 0.2) is 11.1 Å². The smallest absolute Gasteiger partial charge is 0.192 e. The number of guanidine groups is 1. The lowest BCUT2D eigenvalue weighted by molar-refractivity contribution is 1.25. The van der Waals surface area contributed by atoms with Crippen LogP contribution in [-0.2, 0) is 0 Å². The van der Waals surface area contributed by atoms with Crippen molar-refractivity contribution in [2.24, 2.45) is 5.73 Å². The summed E-state index contributed by atoms with van der Waals surface area (Å²) in [6, 6.07) is 3.44. The van der Waals surface area contributed by atoms with E-state index in [1.165, 1.54) is 22.7 Å². The van der Waals surface area contributed by atoms with Crippen LogP contribution in [0, 0.1) is 12.3 Å². The quantitative estimate of drug-likeness (QED) is 0.356. The van der Waals surface area contributed by atoms with E-state index in [4.69, 9.17) is 34.3 Å². The van der Waals surface area contributed by atoms with Gasteiger partial charge in [-0.25, -0.2) is 15.0 Å². The van der Waals surface area contributed by atoms with Crippen molar-refractivity contribution in [1.82, 2.24) is 15.0 Å². The van der Waals surface area contributed by atoms with Gasteiger partial charge in [0, 0.05) is 10.9 Å². The molecule has 0 amide bonds. The van der Waals surface area contributed by atoms with Crippen molar-refractivity contribution < 1.29 is 0 Å². The van der Waals surface area contributed by atoms with Gasteiger partial charge in [-0.15, -0.1) is 11.3 Å². The van der Waals surface area contributed by atoms with Gasteiger partial charge in [-0.1, -0.05) is 34.5 Å². The second-order valence-corrected chi connectivity index (χ2v) is 7.14.